The summed E-state index contributed by atoms with van der Waals surface area (Å²) in [5.41, 5.74) is 1.15. The van der Waals surface area contributed by atoms with E-state index in [2.05, 4.69) is 29.8 Å². The van der Waals surface area contributed by atoms with Crippen molar-refractivity contribution in [2.45, 2.75) is 25.9 Å². The number of piperazine rings is 1. The topological polar surface area (TPSA) is 30.3 Å². The summed E-state index contributed by atoms with van der Waals surface area (Å²) in [4.78, 5) is 4.63. The van der Waals surface area contributed by atoms with E-state index in [1.165, 1.54) is 12.1 Å². The fraction of sp³-hybridized carbons (Fsp3) is 0.533. The number of likely N-dealkylation sites (N-methyl/N-ethyl adjacent to an activating group) is 1. The molecule has 1 atom stereocenters. The molecule has 0 radical (unpaired) electrons. The standard InChI is InChI=1S/C15H20FN3/c1-3-14-11-19(7-6-18(14)2)10-13-8-12(9-17)4-5-15(13)16/h4-5,8,14H,3,6-7,10-11H2,1-2H3. The van der Waals surface area contributed by atoms with E-state index in [1.54, 1.807) is 6.07 Å². The lowest BCUT2D eigenvalue weighted by Crippen LogP contribution is -2.50. The van der Waals surface area contributed by atoms with Gasteiger partial charge in [-0.2, -0.15) is 5.26 Å². The molecule has 4 heteroatoms. The molecule has 0 bridgehead atoms. The molecule has 0 amide bonds. The van der Waals surface area contributed by atoms with Gasteiger partial charge in [0.05, 0.1) is 11.6 Å². The first kappa shape index (κ1) is 14.0. The van der Waals surface area contributed by atoms with E-state index in [9.17, 15) is 4.39 Å². The van der Waals surface area contributed by atoms with Crippen molar-refractivity contribution in [1.29, 1.82) is 5.26 Å². The summed E-state index contributed by atoms with van der Waals surface area (Å²) < 4.78 is 13.8. The predicted molar refractivity (Wildman–Crippen MR) is 73.1 cm³/mol. The highest BCUT2D eigenvalue weighted by molar-refractivity contribution is 5.33. The van der Waals surface area contributed by atoms with Crippen LogP contribution in [0.1, 0.15) is 24.5 Å². The minimum atomic E-state index is -0.217. The van der Waals surface area contributed by atoms with Gasteiger partial charge in [-0.15, -0.1) is 0 Å². The number of nitriles is 1. The number of benzene rings is 1. The molecular weight excluding hydrogens is 241 g/mol. The quantitative estimate of drug-likeness (QED) is 0.836. The molecule has 102 valence electrons. The molecule has 0 N–H and O–H groups in total. The minimum absolute atomic E-state index is 0.217. The zero-order chi connectivity index (χ0) is 13.8. The fourth-order valence-corrected chi connectivity index (χ4v) is 2.60. The van der Waals surface area contributed by atoms with Gasteiger partial charge in [-0.3, -0.25) is 4.90 Å². The second-order valence-corrected chi connectivity index (χ2v) is 5.20. The van der Waals surface area contributed by atoms with Gasteiger partial charge in [0.15, 0.2) is 0 Å². The van der Waals surface area contributed by atoms with Crippen molar-refractivity contribution < 1.29 is 4.39 Å². The largest absolute Gasteiger partial charge is 0.301 e. The minimum Gasteiger partial charge on any atom is -0.301 e. The van der Waals surface area contributed by atoms with Gasteiger partial charge in [-0.1, -0.05) is 6.92 Å². The number of hydrogen-bond acceptors (Lipinski definition) is 3. The Kier molecular flexibility index (Phi) is 4.52. The van der Waals surface area contributed by atoms with E-state index < -0.39 is 0 Å². The Morgan fingerprint density at radius 2 is 2.21 bits per heavy atom. The Balaban J connectivity index is 2.07. The van der Waals surface area contributed by atoms with Gasteiger partial charge in [0.2, 0.25) is 0 Å². The van der Waals surface area contributed by atoms with Gasteiger partial charge in [-0.05, 0) is 31.7 Å². The lowest BCUT2D eigenvalue weighted by molar-refractivity contribution is 0.0876. The second-order valence-electron chi connectivity index (χ2n) is 5.20. The van der Waals surface area contributed by atoms with E-state index in [-0.39, 0.29) is 5.82 Å². The summed E-state index contributed by atoms with van der Waals surface area (Å²) in [5, 5.41) is 8.88. The van der Waals surface area contributed by atoms with Crippen molar-refractivity contribution in [3.8, 4) is 6.07 Å². The molecule has 19 heavy (non-hydrogen) atoms. The van der Waals surface area contributed by atoms with Crippen LogP contribution in [0.2, 0.25) is 0 Å². The third kappa shape index (κ3) is 3.31. The van der Waals surface area contributed by atoms with E-state index in [4.69, 9.17) is 5.26 Å². The average molecular weight is 261 g/mol. The van der Waals surface area contributed by atoms with Gasteiger partial charge in [-0.25, -0.2) is 4.39 Å². The van der Waals surface area contributed by atoms with E-state index in [0.29, 0.717) is 23.7 Å². The van der Waals surface area contributed by atoms with Crippen molar-refractivity contribution in [1.82, 2.24) is 9.80 Å². The van der Waals surface area contributed by atoms with Crippen LogP contribution in [0, 0.1) is 17.1 Å². The van der Waals surface area contributed by atoms with Crippen molar-refractivity contribution in [2.24, 2.45) is 0 Å². The Hall–Kier alpha value is -1.44. The van der Waals surface area contributed by atoms with Crippen LogP contribution in [0.5, 0.6) is 0 Å². The maximum Gasteiger partial charge on any atom is 0.127 e. The molecule has 1 fully saturated rings. The van der Waals surface area contributed by atoms with Crippen LogP contribution < -0.4 is 0 Å². The molecule has 0 aliphatic carbocycles. The number of rotatable bonds is 3. The Morgan fingerprint density at radius 1 is 1.42 bits per heavy atom. The molecule has 1 aliphatic rings. The summed E-state index contributed by atoms with van der Waals surface area (Å²) in [7, 11) is 2.14. The van der Waals surface area contributed by atoms with Crippen LogP contribution in [-0.2, 0) is 6.54 Å². The van der Waals surface area contributed by atoms with Crippen LogP contribution in [0.3, 0.4) is 0 Å². The third-order valence-corrected chi connectivity index (χ3v) is 3.90. The first-order chi connectivity index (χ1) is 9.13. The molecule has 0 saturated carbocycles. The second kappa shape index (κ2) is 6.14. The van der Waals surface area contributed by atoms with Crippen LogP contribution in [0.25, 0.3) is 0 Å². The summed E-state index contributed by atoms with van der Waals surface area (Å²) in [6, 6.07) is 7.18. The highest BCUT2D eigenvalue weighted by Crippen LogP contribution is 2.17. The molecular formula is C15H20FN3. The lowest BCUT2D eigenvalue weighted by atomic mass is 10.1. The smallest absolute Gasteiger partial charge is 0.127 e. The zero-order valence-electron chi connectivity index (χ0n) is 11.6. The summed E-state index contributed by atoms with van der Waals surface area (Å²) in [6.07, 6.45) is 1.10. The predicted octanol–water partition coefficient (Wildman–Crippen LogP) is 2.22. The van der Waals surface area contributed by atoms with Crippen molar-refractivity contribution >= 4 is 0 Å². The molecule has 1 aliphatic heterocycles. The Morgan fingerprint density at radius 3 is 2.89 bits per heavy atom. The van der Waals surface area contributed by atoms with Crippen molar-refractivity contribution in [3.05, 3.63) is 35.1 Å². The molecule has 1 unspecified atom stereocenters. The number of halogens is 1. The fourth-order valence-electron chi connectivity index (χ4n) is 2.60. The Labute approximate surface area is 114 Å². The van der Waals surface area contributed by atoms with Gasteiger partial charge >= 0.3 is 0 Å². The van der Waals surface area contributed by atoms with Crippen LogP contribution in [0.15, 0.2) is 18.2 Å². The zero-order valence-corrected chi connectivity index (χ0v) is 11.6. The maximum absolute atomic E-state index is 13.8. The molecule has 1 aromatic carbocycles. The monoisotopic (exact) mass is 261 g/mol. The Bertz CT molecular complexity index is 481. The first-order valence-corrected chi connectivity index (χ1v) is 6.75. The number of nitrogens with zero attached hydrogens (tertiary/aromatic N) is 3. The van der Waals surface area contributed by atoms with Crippen LogP contribution in [-0.4, -0.2) is 42.5 Å². The molecule has 1 heterocycles. The molecule has 0 spiro atoms. The SMILES string of the molecule is CCC1CN(Cc2cc(C#N)ccc2F)CCN1C. The summed E-state index contributed by atoms with van der Waals surface area (Å²) in [6.45, 7) is 5.69. The highest BCUT2D eigenvalue weighted by atomic mass is 19.1. The van der Waals surface area contributed by atoms with Gasteiger partial charge < -0.3 is 4.90 Å². The van der Waals surface area contributed by atoms with Gasteiger partial charge in [0.1, 0.15) is 5.82 Å². The third-order valence-electron chi connectivity index (χ3n) is 3.90. The summed E-state index contributed by atoms with van der Waals surface area (Å²) >= 11 is 0. The van der Waals surface area contributed by atoms with Crippen LogP contribution in [0.4, 0.5) is 4.39 Å². The first-order valence-electron chi connectivity index (χ1n) is 6.75. The average Bonchev–Trinajstić information content (AvgIpc) is 2.43. The van der Waals surface area contributed by atoms with Crippen molar-refractivity contribution in [2.75, 3.05) is 26.7 Å². The number of hydrogen-bond donors (Lipinski definition) is 0. The summed E-state index contributed by atoms with van der Waals surface area (Å²) in [5.74, 6) is -0.217. The maximum atomic E-state index is 13.8. The normalized spacial score (nSPS) is 21.3. The van der Waals surface area contributed by atoms with E-state index in [1.807, 2.05) is 0 Å². The highest BCUT2D eigenvalue weighted by Gasteiger charge is 2.23. The van der Waals surface area contributed by atoms with Gasteiger partial charge in [0.25, 0.3) is 0 Å². The lowest BCUT2D eigenvalue weighted by Gasteiger charge is -2.39. The van der Waals surface area contributed by atoms with E-state index >= 15 is 0 Å². The van der Waals surface area contributed by atoms with E-state index in [0.717, 1.165) is 26.1 Å². The molecule has 2 rings (SSSR count). The molecule has 3 nitrogen and oxygen atoms in total. The van der Waals surface area contributed by atoms with Gasteiger partial charge in [0, 0.05) is 37.8 Å². The molecule has 1 aromatic rings. The molecule has 1 saturated heterocycles. The van der Waals surface area contributed by atoms with Crippen LogP contribution >= 0.6 is 0 Å². The van der Waals surface area contributed by atoms with Crippen molar-refractivity contribution in [3.63, 3.8) is 0 Å². The molecule has 0 aromatic heterocycles.